The molecule has 0 spiro atoms. The van der Waals surface area contributed by atoms with Crippen molar-refractivity contribution in [3.8, 4) is 5.75 Å². The maximum absolute atomic E-state index is 12.1. The first kappa shape index (κ1) is 13.3. The Morgan fingerprint density at radius 3 is 3.00 bits per heavy atom. The van der Waals surface area contributed by atoms with Crippen LogP contribution in [0.3, 0.4) is 0 Å². The van der Waals surface area contributed by atoms with E-state index >= 15 is 0 Å². The summed E-state index contributed by atoms with van der Waals surface area (Å²) >= 11 is 0. The summed E-state index contributed by atoms with van der Waals surface area (Å²) in [6, 6.07) is 6.71. The van der Waals surface area contributed by atoms with E-state index in [-0.39, 0.29) is 10.9 Å². The molecule has 1 heterocycles. The predicted molar refractivity (Wildman–Crippen MR) is 69.2 cm³/mol. The van der Waals surface area contributed by atoms with Gasteiger partial charge in [-0.25, -0.2) is 13.1 Å². The first-order valence-electron chi connectivity index (χ1n) is 5.99. The minimum atomic E-state index is -3.45. The monoisotopic (exact) mass is 270 g/mol. The molecule has 1 saturated heterocycles. The van der Waals surface area contributed by atoms with Gasteiger partial charge in [0.1, 0.15) is 5.75 Å². The van der Waals surface area contributed by atoms with E-state index < -0.39 is 10.0 Å². The molecule has 1 aliphatic heterocycles. The molecule has 0 radical (unpaired) electrons. The van der Waals surface area contributed by atoms with Crippen LogP contribution in [0.25, 0.3) is 0 Å². The van der Waals surface area contributed by atoms with Crippen molar-refractivity contribution in [3.05, 3.63) is 24.3 Å². The third-order valence-corrected chi connectivity index (χ3v) is 4.45. The Kier molecular flexibility index (Phi) is 4.21. The van der Waals surface area contributed by atoms with E-state index in [1.165, 1.54) is 13.2 Å². The van der Waals surface area contributed by atoms with Crippen LogP contribution in [0.2, 0.25) is 0 Å². The van der Waals surface area contributed by atoms with Gasteiger partial charge in [0.25, 0.3) is 0 Å². The van der Waals surface area contributed by atoms with Gasteiger partial charge in [-0.05, 0) is 31.5 Å². The topological polar surface area (TPSA) is 67.4 Å². The lowest BCUT2D eigenvalue weighted by Gasteiger charge is -2.12. The van der Waals surface area contributed by atoms with Gasteiger partial charge in [-0.2, -0.15) is 0 Å². The number of methoxy groups -OCH3 is 1. The Hall–Kier alpha value is -1.11. The van der Waals surface area contributed by atoms with Crippen LogP contribution >= 0.6 is 0 Å². The van der Waals surface area contributed by atoms with Crippen LogP contribution in [-0.4, -0.2) is 34.7 Å². The van der Waals surface area contributed by atoms with E-state index in [0.29, 0.717) is 12.3 Å². The van der Waals surface area contributed by atoms with Crippen molar-refractivity contribution in [2.24, 2.45) is 0 Å². The first-order chi connectivity index (χ1) is 8.62. The molecule has 0 aliphatic carbocycles. The lowest BCUT2D eigenvalue weighted by molar-refractivity contribution is 0.413. The molecule has 0 aromatic heterocycles. The lowest BCUT2D eigenvalue weighted by Crippen LogP contribution is -2.37. The van der Waals surface area contributed by atoms with E-state index in [1.807, 2.05) is 0 Å². The maximum Gasteiger partial charge on any atom is 0.240 e. The normalized spacial score (nSPS) is 19.9. The Balaban J connectivity index is 2.04. The SMILES string of the molecule is COc1cccc(S(=O)(=O)NC[C@@H]2CCCN2)c1. The van der Waals surface area contributed by atoms with Crippen molar-refractivity contribution >= 4 is 10.0 Å². The summed E-state index contributed by atoms with van der Waals surface area (Å²) in [5, 5.41) is 3.25. The van der Waals surface area contributed by atoms with Crippen molar-refractivity contribution in [1.29, 1.82) is 0 Å². The van der Waals surface area contributed by atoms with Crippen LogP contribution in [0.4, 0.5) is 0 Å². The third kappa shape index (κ3) is 3.22. The number of ether oxygens (including phenoxy) is 1. The zero-order valence-electron chi connectivity index (χ0n) is 10.3. The zero-order chi connectivity index (χ0) is 13.0. The smallest absolute Gasteiger partial charge is 0.240 e. The fourth-order valence-corrected chi connectivity index (χ4v) is 3.11. The van der Waals surface area contributed by atoms with Gasteiger partial charge in [0.15, 0.2) is 0 Å². The van der Waals surface area contributed by atoms with E-state index in [2.05, 4.69) is 10.0 Å². The molecule has 0 unspecified atom stereocenters. The largest absolute Gasteiger partial charge is 0.497 e. The predicted octanol–water partition coefficient (Wildman–Crippen LogP) is 0.725. The molecule has 100 valence electrons. The Labute approximate surface area is 108 Å². The fourth-order valence-electron chi connectivity index (χ4n) is 1.99. The molecule has 1 aromatic rings. The fraction of sp³-hybridized carbons (Fsp3) is 0.500. The molecule has 5 nitrogen and oxygen atoms in total. The van der Waals surface area contributed by atoms with E-state index in [0.717, 1.165) is 19.4 Å². The molecule has 18 heavy (non-hydrogen) atoms. The van der Waals surface area contributed by atoms with Crippen molar-refractivity contribution in [2.75, 3.05) is 20.2 Å². The minimum absolute atomic E-state index is 0.236. The zero-order valence-corrected chi connectivity index (χ0v) is 11.2. The van der Waals surface area contributed by atoms with Crippen LogP contribution in [-0.2, 0) is 10.0 Å². The van der Waals surface area contributed by atoms with Crippen molar-refractivity contribution in [2.45, 2.75) is 23.8 Å². The Morgan fingerprint density at radius 2 is 2.33 bits per heavy atom. The van der Waals surface area contributed by atoms with Crippen molar-refractivity contribution in [1.82, 2.24) is 10.0 Å². The molecule has 1 atom stereocenters. The van der Waals surface area contributed by atoms with Crippen LogP contribution in [0, 0.1) is 0 Å². The Bertz CT molecular complexity index is 496. The summed E-state index contributed by atoms with van der Waals surface area (Å²) in [5.41, 5.74) is 0. The minimum Gasteiger partial charge on any atom is -0.497 e. The van der Waals surface area contributed by atoms with Gasteiger partial charge >= 0.3 is 0 Å². The quantitative estimate of drug-likeness (QED) is 0.827. The number of benzene rings is 1. The molecule has 6 heteroatoms. The van der Waals surface area contributed by atoms with E-state index in [4.69, 9.17) is 4.74 Å². The van der Waals surface area contributed by atoms with Gasteiger partial charge < -0.3 is 10.1 Å². The summed E-state index contributed by atoms with van der Waals surface area (Å²) in [6.07, 6.45) is 2.12. The second-order valence-electron chi connectivity index (χ2n) is 4.32. The third-order valence-electron chi connectivity index (χ3n) is 3.03. The second-order valence-corrected chi connectivity index (χ2v) is 6.09. The van der Waals surface area contributed by atoms with Crippen LogP contribution < -0.4 is 14.8 Å². The summed E-state index contributed by atoms with van der Waals surface area (Å²) in [6.45, 7) is 1.39. The van der Waals surface area contributed by atoms with E-state index in [1.54, 1.807) is 18.2 Å². The average molecular weight is 270 g/mol. The van der Waals surface area contributed by atoms with Crippen LogP contribution in [0.15, 0.2) is 29.2 Å². The highest BCUT2D eigenvalue weighted by Gasteiger charge is 2.19. The summed E-state index contributed by atoms with van der Waals surface area (Å²) in [5.74, 6) is 0.539. The number of sulfonamides is 1. The molecular formula is C12H18N2O3S. The summed E-state index contributed by atoms with van der Waals surface area (Å²) in [7, 11) is -1.93. The molecule has 0 bridgehead atoms. The molecule has 1 aromatic carbocycles. The second kappa shape index (κ2) is 5.69. The van der Waals surface area contributed by atoms with Crippen molar-refractivity contribution in [3.63, 3.8) is 0 Å². The number of hydrogen-bond donors (Lipinski definition) is 2. The number of nitrogens with one attached hydrogen (secondary N) is 2. The van der Waals surface area contributed by atoms with Gasteiger partial charge in [-0.1, -0.05) is 6.07 Å². The first-order valence-corrected chi connectivity index (χ1v) is 7.47. The van der Waals surface area contributed by atoms with Crippen LogP contribution in [0.1, 0.15) is 12.8 Å². The maximum atomic E-state index is 12.1. The Morgan fingerprint density at radius 1 is 1.50 bits per heavy atom. The van der Waals surface area contributed by atoms with Crippen LogP contribution in [0.5, 0.6) is 5.75 Å². The highest BCUT2D eigenvalue weighted by Crippen LogP contribution is 2.17. The highest BCUT2D eigenvalue weighted by molar-refractivity contribution is 7.89. The summed E-state index contributed by atoms with van der Waals surface area (Å²) in [4.78, 5) is 0.236. The lowest BCUT2D eigenvalue weighted by atomic mass is 10.2. The van der Waals surface area contributed by atoms with Crippen molar-refractivity contribution < 1.29 is 13.2 Å². The van der Waals surface area contributed by atoms with Gasteiger partial charge in [0.2, 0.25) is 10.0 Å². The number of hydrogen-bond acceptors (Lipinski definition) is 4. The van der Waals surface area contributed by atoms with Gasteiger partial charge in [-0.3, -0.25) is 0 Å². The molecule has 0 amide bonds. The molecule has 1 aliphatic rings. The van der Waals surface area contributed by atoms with Gasteiger partial charge in [0.05, 0.1) is 12.0 Å². The molecule has 1 fully saturated rings. The molecular weight excluding hydrogens is 252 g/mol. The van der Waals surface area contributed by atoms with E-state index in [9.17, 15) is 8.42 Å². The van der Waals surface area contributed by atoms with Gasteiger partial charge in [-0.15, -0.1) is 0 Å². The summed E-state index contributed by atoms with van der Waals surface area (Å²) < 4.78 is 31.8. The average Bonchev–Trinajstić information content (AvgIpc) is 2.90. The standard InChI is InChI=1S/C12H18N2O3S/c1-17-11-5-2-6-12(8-11)18(15,16)14-9-10-4-3-7-13-10/h2,5-6,8,10,13-14H,3-4,7,9H2,1H3/t10-/m0/s1. The van der Waals surface area contributed by atoms with Gasteiger partial charge in [0, 0.05) is 18.7 Å². The molecule has 2 N–H and O–H groups in total. The molecule has 2 rings (SSSR count). The highest BCUT2D eigenvalue weighted by atomic mass is 32.2. The molecule has 0 saturated carbocycles. The number of rotatable bonds is 5.